The van der Waals surface area contributed by atoms with Crippen molar-refractivity contribution >= 4 is 16.8 Å². The molecule has 134 valence electrons. The average Bonchev–Trinajstić information content (AvgIpc) is 2.92. The van der Waals surface area contributed by atoms with E-state index in [2.05, 4.69) is 9.84 Å². The first-order valence-corrected chi connectivity index (χ1v) is 7.22. The van der Waals surface area contributed by atoms with Crippen molar-refractivity contribution in [2.24, 2.45) is 0 Å². The van der Waals surface area contributed by atoms with Gasteiger partial charge in [-0.3, -0.25) is 14.7 Å². The van der Waals surface area contributed by atoms with Crippen LogP contribution in [0.4, 0.5) is 13.2 Å². The highest BCUT2D eigenvalue weighted by atomic mass is 19.4. The Labute approximate surface area is 141 Å². The molecule has 0 radical (unpaired) electrons. The van der Waals surface area contributed by atoms with Gasteiger partial charge in [-0.2, -0.15) is 5.10 Å². The van der Waals surface area contributed by atoms with Crippen LogP contribution in [0.15, 0.2) is 47.9 Å². The third-order valence-corrected chi connectivity index (χ3v) is 3.30. The lowest BCUT2D eigenvalue weighted by molar-refractivity contribution is -0.305. The monoisotopic (exact) mass is 355 g/mol. The van der Waals surface area contributed by atoms with Crippen molar-refractivity contribution < 1.29 is 27.9 Å². The molecule has 1 heterocycles. The first kappa shape index (κ1) is 18.5. The third kappa shape index (κ3) is 5.08. The predicted molar refractivity (Wildman–Crippen MR) is 83.6 cm³/mol. The van der Waals surface area contributed by atoms with Gasteiger partial charge in [-0.05, 0) is 37.6 Å². The highest BCUT2D eigenvalue weighted by molar-refractivity contribution is 5.97. The molecule has 0 aliphatic rings. The number of nitrogens with one attached hydrogen (secondary N) is 1. The van der Waals surface area contributed by atoms with E-state index in [1.807, 2.05) is 0 Å². The number of allylic oxidation sites excluding steroid dienone is 4. The molecule has 2 N–H and O–H groups in total. The lowest BCUT2D eigenvalue weighted by atomic mass is 10.1. The minimum absolute atomic E-state index is 0.227. The minimum Gasteiger partial charge on any atom is -0.411 e. The van der Waals surface area contributed by atoms with Gasteiger partial charge in [0.15, 0.2) is 0 Å². The molecule has 0 bridgehead atoms. The first-order chi connectivity index (χ1) is 11.7. The third-order valence-electron chi connectivity index (χ3n) is 3.30. The van der Waals surface area contributed by atoms with Crippen molar-refractivity contribution in [2.75, 3.05) is 0 Å². The number of amides is 1. The van der Waals surface area contributed by atoms with Crippen LogP contribution < -0.4 is 5.48 Å². The van der Waals surface area contributed by atoms with Crippen LogP contribution in [-0.4, -0.2) is 27.3 Å². The van der Waals surface area contributed by atoms with Crippen LogP contribution in [0.1, 0.15) is 24.2 Å². The van der Waals surface area contributed by atoms with Gasteiger partial charge in [-0.25, -0.2) is 5.48 Å². The molecule has 2 aromatic rings. The van der Waals surface area contributed by atoms with Gasteiger partial charge in [-0.1, -0.05) is 12.1 Å². The van der Waals surface area contributed by atoms with Crippen LogP contribution in [0.2, 0.25) is 0 Å². The van der Waals surface area contributed by atoms with Gasteiger partial charge in [0.1, 0.15) is 5.76 Å². The molecule has 0 fully saturated rings. The number of ether oxygens (including phenoxy) is 1. The zero-order valence-corrected chi connectivity index (χ0v) is 13.5. The van der Waals surface area contributed by atoms with E-state index in [-0.39, 0.29) is 17.9 Å². The molecule has 6 nitrogen and oxygen atoms in total. The summed E-state index contributed by atoms with van der Waals surface area (Å²) in [5.41, 5.74) is 2.86. The molecule has 0 atom stereocenters. The molecule has 2 rings (SSSR count). The number of carbonyl (C=O) groups is 1. The maximum atomic E-state index is 12.2. The summed E-state index contributed by atoms with van der Waals surface area (Å²) in [6.45, 7) is 3.14. The Bertz CT molecular complexity index is 838. The molecule has 0 unspecified atom stereocenters. The summed E-state index contributed by atoms with van der Waals surface area (Å²) in [7, 11) is 0. The van der Waals surface area contributed by atoms with Crippen LogP contribution in [0.25, 0.3) is 10.9 Å². The van der Waals surface area contributed by atoms with Gasteiger partial charge < -0.3 is 4.74 Å². The second-order valence-electron chi connectivity index (χ2n) is 5.21. The molecular formula is C16H16F3N3O3. The summed E-state index contributed by atoms with van der Waals surface area (Å²) < 4.78 is 42.0. The summed E-state index contributed by atoms with van der Waals surface area (Å²) in [5.74, 6) is -0.937. The first-order valence-electron chi connectivity index (χ1n) is 7.22. The van der Waals surface area contributed by atoms with E-state index in [9.17, 15) is 18.0 Å². The number of hydrogen-bond acceptors (Lipinski definition) is 4. The fourth-order valence-corrected chi connectivity index (χ4v) is 2.23. The van der Waals surface area contributed by atoms with Gasteiger partial charge in [0, 0.05) is 17.1 Å². The maximum absolute atomic E-state index is 12.2. The molecular weight excluding hydrogens is 339 g/mol. The van der Waals surface area contributed by atoms with Crippen molar-refractivity contribution in [1.29, 1.82) is 0 Å². The normalized spacial score (nSPS) is 13.2. The van der Waals surface area contributed by atoms with Crippen molar-refractivity contribution in [3.05, 3.63) is 53.4 Å². The van der Waals surface area contributed by atoms with E-state index < -0.39 is 12.3 Å². The van der Waals surface area contributed by atoms with E-state index in [4.69, 9.17) is 5.21 Å². The number of aromatic nitrogens is 2. The Balaban J connectivity index is 2.21. The lowest BCUT2D eigenvalue weighted by Gasteiger charge is -2.10. The van der Waals surface area contributed by atoms with Crippen LogP contribution in [0.3, 0.4) is 0 Å². The van der Waals surface area contributed by atoms with Crippen molar-refractivity contribution in [3.8, 4) is 0 Å². The number of nitrogens with zero attached hydrogens (tertiary/aromatic N) is 2. The standard InChI is InChI=1S/C16H16F3N3O3/c1-3-11(6-10(2)25-16(17,18)19)8-22-9-13-5-4-12(15(23)21-24)7-14(13)20-22/h3-7,9,24H,8H2,1-2H3,(H,21,23)/b10-6+,11-3+. The molecule has 0 aliphatic carbocycles. The number of halogens is 3. The fourth-order valence-electron chi connectivity index (χ4n) is 2.23. The predicted octanol–water partition coefficient (Wildman–Crippen LogP) is 3.54. The van der Waals surface area contributed by atoms with Crippen LogP contribution in [-0.2, 0) is 11.3 Å². The topological polar surface area (TPSA) is 76.4 Å². The lowest BCUT2D eigenvalue weighted by Crippen LogP contribution is -2.18. The van der Waals surface area contributed by atoms with Crippen molar-refractivity contribution in [2.45, 2.75) is 26.8 Å². The van der Waals surface area contributed by atoms with Crippen LogP contribution >= 0.6 is 0 Å². The van der Waals surface area contributed by atoms with E-state index in [0.717, 1.165) is 5.39 Å². The molecule has 1 amide bonds. The van der Waals surface area contributed by atoms with E-state index >= 15 is 0 Å². The fraction of sp³-hybridized carbons (Fsp3) is 0.250. The number of hydroxylamine groups is 1. The molecule has 0 spiro atoms. The van der Waals surface area contributed by atoms with Gasteiger partial charge in [0.2, 0.25) is 0 Å². The molecule has 25 heavy (non-hydrogen) atoms. The molecule has 0 aliphatic heterocycles. The smallest absolute Gasteiger partial charge is 0.411 e. The Morgan fingerprint density at radius 2 is 2.16 bits per heavy atom. The largest absolute Gasteiger partial charge is 0.572 e. The summed E-state index contributed by atoms with van der Waals surface area (Å²) in [6.07, 6.45) is -0.0958. The number of carbonyl (C=O) groups excluding carboxylic acids is 1. The molecule has 9 heteroatoms. The highest BCUT2D eigenvalue weighted by Crippen LogP contribution is 2.22. The van der Waals surface area contributed by atoms with Gasteiger partial charge in [0.05, 0.1) is 12.1 Å². The summed E-state index contributed by atoms with van der Waals surface area (Å²) in [5, 5.41) is 13.7. The zero-order chi connectivity index (χ0) is 18.6. The summed E-state index contributed by atoms with van der Waals surface area (Å²) in [6, 6.07) is 4.69. The van der Waals surface area contributed by atoms with Gasteiger partial charge >= 0.3 is 6.36 Å². The van der Waals surface area contributed by atoms with Crippen molar-refractivity contribution in [3.63, 3.8) is 0 Å². The maximum Gasteiger partial charge on any atom is 0.572 e. The molecule has 1 aromatic heterocycles. The molecule has 0 saturated heterocycles. The van der Waals surface area contributed by atoms with E-state index in [1.54, 1.807) is 25.3 Å². The van der Waals surface area contributed by atoms with Gasteiger partial charge in [-0.15, -0.1) is 13.2 Å². The zero-order valence-electron chi connectivity index (χ0n) is 13.5. The number of benzene rings is 1. The summed E-state index contributed by atoms with van der Waals surface area (Å²) >= 11 is 0. The second kappa shape index (κ2) is 7.39. The number of alkyl halides is 3. The number of fused-ring (bicyclic) bond motifs is 1. The molecule has 1 aromatic carbocycles. The Kier molecular flexibility index (Phi) is 5.48. The minimum atomic E-state index is -4.73. The quantitative estimate of drug-likeness (QED) is 0.372. The molecule has 0 saturated carbocycles. The summed E-state index contributed by atoms with van der Waals surface area (Å²) in [4.78, 5) is 11.4. The SMILES string of the molecule is C/C=C(\C=C(/C)OC(F)(F)F)Cn1cc2ccc(C(=O)NO)cc2n1. The number of rotatable bonds is 5. The average molecular weight is 355 g/mol. The second-order valence-corrected chi connectivity index (χ2v) is 5.21. The highest BCUT2D eigenvalue weighted by Gasteiger charge is 2.30. The Morgan fingerprint density at radius 1 is 1.44 bits per heavy atom. The van der Waals surface area contributed by atoms with Crippen LogP contribution in [0.5, 0.6) is 0 Å². The van der Waals surface area contributed by atoms with E-state index in [0.29, 0.717) is 11.1 Å². The van der Waals surface area contributed by atoms with Gasteiger partial charge in [0.25, 0.3) is 5.91 Å². The Morgan fingerprint density at radius 3 is 2.76 bits per heavy atom. The van der Waals surface area contributed by atoms with Crippen molar-refractivity contribution in [1.82, 2.24) is 15.3 Å². The van der Waals surface area contributed by atoms with E-state index in [1.165, 1.54) is 35.3 Å². The number of hydrogen-bond donors (Lipinski definition) is 2. The Hall–Kier alpha value is -2.81. The van der Waals surface area contributed by atoms with Crippen LogP contribution in [0, 0.1) is 0 Å².